The quantitative estimate of drug-likeness (QED) is 0.621. The zero-order chi connectivity index (χ0) is 11.5. The van der Waals surface area contributed by atoms with Crippen LogP contribution in [0.25, 0.3) is 0 Å². The summed E-state index contributed by atoms with van der Waals surface area (Å²) in [6, 6.07) is 7.84. The second-order valence-electron chi connectivity index (χ2n) is 3.25. The Morgan fingerprint density at radius 3 is 3.00 bits per heavy atom. The van der Waals surface area contributed by atoms with Gasteiger partial charge in [-0.2, -0.15) is 4.40 Å². The molecule has 0 saturated heterocycles. The first-order chi connectivity index (χ1) is 7.70. The first-order valence-corrected chi connectivity index (χ1v) is 6.14. The summed E-state index contributed by atoms with van der Waals surface area (Å²) in [7, 11) is 1.81. The molecule has 1 aromatic rings. The lowest BCUT2D eigenvalue weighted by molar-refractivity contribution is -0.105. The van der Waals surface area contributed by atoms with Crippen molar-refractivity contribution in [2.75, 3.05) is 7.05 Å². The highest BCUT2D eigenvalue weighted by Crippen LogP contribution is 2.23. The molecule has 0 radical (unpaired) electrons. The maximum atomic E-state index is 10.8. The molecule has 82 valence electrons. The molecular formula is C11H9BrN2OS. The Labute approximate surface area is 107 Å². The number of carbonyl (C=O) groups is 1. The number of allylic oxidation sites excluding steroid dienone is 2. The lowest BCUT2D eigenvalue weighted by Gasteiger charge is -2.19. The van der Waals surface area contributed by atoms with Crippen LogP contribution >= 0.6 is 28.1 Å². The summed E-state index contributed by atoms with van der Waals surface area (Å²) >= 11 is 4.68. The van der Waals surface area contributed by atoms with Crippen LogP contribution in [0.15, 0.2) is 44.9 Å². The summed E-state index contributed by atoms with van der Waals surface area (Å²) in [6.45, 7) is 0. The predicted molar refractivity (Wildman–Crippen MR) is 70.2 cm³/mol. The maximum Gasteiger partial charge on any atom is 0.167 e. The monoisotopic (exact) mass is 296 g/mol. The second kappa shape index (κ2) is 4.84. The minimum absolute atomic E-state index is 0.620. The van der Waals surface area contributed by atoms with Crippen molar-refractivity contribution in [2.45, 2.75) is 0 Å². The van der Waals surface area contributed by atoms with Crippen LogP contribution in [0.2, 0.25) is 0 Å². The van der Waals surface area contributed by atoms with Crippen molar-refractivity contribution < 1.29 is 4.79 Å². The normalized spacial score (nSPS) is 15.5. The van der Waals surface area contributed by atoms with E-state index in [2.05, 4.69) is 20.3 Å². The number of hydrogen-bond donors (Lipinski definition) is 0. The Bertz CT molecular complexity index is 485. The van der Waals surface area contributed by atoms with E-state index in [1.807, 2.05) is 31.3 Å². The SMILES string of the molecule is CN1SN=C(c2cccc(Br)c2)C=C1C=O. The number of aldehydes is 1. The summed E-state index contributed by atoms with van der Waals surface area (Å²) in [5.41, 5.74) is 2.43. The maximum absolute atomic E-state index is 10.8. The Morgan fingerprint density at radius 1 is 1.50 bits per heavy atom. The van der Waals surface area contributed by atoms with E-state index in [1.54, 1.807) is 10.4 Å². The molecule has 0 bridgehead atoms. The van der Waals surface area contributed by atoms with Crippen LogP contribution in [0.1, 0.15) is 5.56 Å². The third-order valence-corrected chi connectivity index (χ3v) is 3.38. The van der Waals surface area contributed by atoms with Gasteiger partial charge in [0.15, 0.2) is 6.29 Å². The van der Waals surface area contributed by atoms with Gasteiger partial charge in [0.1, 0.15) is 0 Å². The zero-order valence-corrected chi connectivity index (χ0v) is 11.0. The highest BCUT2D eigenvalue weighted by Gasteiger charge is 2.13. The lowest BCUT2D eigenvalue weighted by atomic mass is 10.1. The van der Waals surface area contributed by atoms with Gasteiger partial charge in [-0.1, -0.05) is 28.1 Å². The average Bonchev–Trinajstić information content (AvgIpc) is 2.29. The van der Waals surface area contributed by atoms with Gasteiger partial charge < -0.3 is 0 Å². The number of likely N-dealkylation sites (N-methyl/N-ethyl adjacent to an activating group) is 1. The van der Waals surface area contributed by atoms with Crippen LogP contribution in [0, 0.1) is 0 Å². The van der Waals surface area contributed by atoms with E-state index in [0.717, 1.165) is 22.0 Å². The number of hydrogen-bond acceptors (Lipinski definition) is 4. The van der Waals surface area contributed by atoms with E-state index in [9.17, 15) is 4.79 Å². The van der Waals surface area contributed by atoms with E-state index in [-0.39, 0.29) is 0 Å². The smallest absolute Gasteiger partial charge is 0.167 e. The van der Waals surface area contributed by atoms with Crippen LogP contribution in [-0.2, 0) is 4.79 Å². The second-order valence-corrected chi connectivity index (χ2v) is 5.06. The van der Waals surface area contributed by atoms with E-state index in [4.69, 9.17) is 0 Å². The molecule has 1 aromatic carbocycles. The number of benzene rings is 1. The van der Waals surface area contributed by atoms with Crippen molar-refractivity contribution in [2.24, 2.45) is 4.40 Å². The molecule has 0 spiro atoms. The molecule has 1 heterocycles. The molecule has 0 amide bonds. The van der Waals surface area contributed by atoms with E-state index >= 15 is 0 Å². The average molecular weight is 297 g/mol. The van der Waals surface area contributed by atoms with Crippen molar-refractivity contribution >= 4 is 40.1 Å². The molecular weight excluding hydrogens is 288 g/mol. The van der Waals surface area contributed by atoms with Crippen LogP contribution in [0.4, 0.5) is 0 Å². The van der Waals surface area contributed by atoms with Gasteiger partial charge in [0, 0.05) is 17.1 Å². The summed E-state index contributed by atoms with van der Waals surface area (Å²) in [6.07, 6.45) is 2.62. The minimum atomic E-state index is 0.620. The molecule has 0 fully saturated rings. The molecule has 1 aliphatic heterocycles. The standard InChI is InChI=1S/C11H9BrN2OS/c1-14-10(7-15)6-11(13-16-14)8-3-2-4-9(12)5-8/h2-7H,1H3. The Morgan fingerprint density at radius 2 is 2.31 bits per heavy atom. The van der Waals surface area contributed by atoms with Gasteiger partial charge in [0.25, 0.3) is 0 Å². The number of halogens is 1. The van der Waals surface area contributed by atoms with Crippen molar-refractivity contribution in [1.82, 2.24) is 4.31 Å². The van der Waals surface area contributed by atoms with Crippen LogP contribution in [-0.4, -0.2) is 23.4 Å². The Hall–Kier alpha value is -1.07. The van der Waals surface area contributed by atoms with Gasteiger partial charge in [0.2, 0.25) is 0 Å². The van der Waals surface area contributed by atoms with Crippen LogP contribution in [0.3, 0.4) is 0 Å². The van der Waals surface area contributed by atoms with Gasteiger partial charge in [-0.15, -0.1) is 0 Å². The highest BCUT2D eigenvalue weighted by molar-refractivity contribution is 9.10. The predicted octanol–water partition coefficient (Wildman–Crippen LogP) is 2.83. The molecule has 0 unspecified atom stereocenters. The van der Waals surface area contributed by atoms with Crippen LogP contribution in [0.5, 0.6) is 0 Å². The lowest BCUT2D eigenvalue weighted by Crippen LogP contribution is -2.15. The molecule has 5 heteroatoms. The van der Waals surface area contributed by atoms with Crippen LogP contribution < -0.4 is 0 Å². The fourth-order valence-electron chi connectivity index (χ4n) is 1.30. The number of nitrogens with zero attached hydrogens (tertiary/aromatic N) is 2. The molecule has 1 aliphatic rings. The third-order valence-electron chi connectivity index (χ3n) is 2.15. The largest absolute Gasteiger partial charge is 0.297 e. The summed E-state index contributed by atoms with van der Waals surface area (Å²) in [5.74, 6) is 0. The Kier molecular flexibility index (Phi) is 3.46. The summed E-state index contributed by atoms with van der Waals surface area (Å²) < 4.78 is 7.05. The van der Waals surface area contributed by atoms with Crippen molar-refractivity contribution in [3.8, 4) is 0 Å². The van der Waals surface area contributed by atoms with E-state index in [1.165, 1.54) is 12.1 Å². The van der Waals surface area contributed by atoms with Crippen molar-refractivity contribution in [3.63, 3.8) is 0 Å². The van der Waals surface area contributed by atoms with Gasteiger partial charge in [0.05, 0.1) is 23.5 Å². The van der Waals surface area contributed by atoms with Gasteiger partial charge in [-0.25, -0.2) is 0 Å². The Balaban J connectivity index is 2.36. The zero-order valence-electron chi connectivity index (χ0n) is 8.55. The molecule has 0 N–H and O–H groups in total. The van der Waals surface area contributed by atoms with Gasteiger partial charge in [-0.3, -0.25) is 9.10 Å². The third kappa shape index (κ3) is 2.36. The highest BCUT2D eigenvalue weighted by atomic mass is 79.9. The van der Waals surface area contributed by atoms with E-state index in [0.29, 0.717) is 5.70 Å². The molecule has 3 nitrogen and oxygen atoms in total. The summed E-state index contributed by atoms with van der Waals surface area (Å²) in [4.78, 5) is 10.8. The van der Waals surface area contributed by atoms with Gasteiger partial charge >= 0.3 is 0 Å². The molecule has 16 heavy (non-hydrogen) atoms. The molecule has 0 aromatic heterocycles. The fraction of sp³-hybridized carbons (Fsp3) is 0.0909. The first-order valence-electron chi connectivity index (χ1n) is 4.62. The summed E-state index contributed by atoms with van der Waals surface area (Å²) in [5, 5.41) is 0. The molecule has 0 atom stereocenters. The van der Waals surface area contributed by atoms with Crippen molar-refractivity contribution in [3.05, 3.63) is 46.1 Å². The number of carbonyl (C=O) groups excluding carboxylic acids is 1. The fourth-order valence-corrected chi connectivity index (χ4v) is 2.26. The topological polar surface area (TPSA) is 32.7 Å². The first kappa shape index (κ1) is 11.4. The van der Waals surface area contributed by atoms with Gasteiger partial charge in [-0.05, 0) is 18.2 Å². The minimum Gasteiger partial charge on any atom is -0.297 e. The molecule has 0 saturated carbocycles. The van der Waals surface area contributed by atoms with E-state index < -0.39 is 0 Å². The van der Waals surface area contributed by atoms with Crippen molar-refractivity contribution in [1.29, 1.82) is 0 Å². The number of rotatable bonds is 2. The molecule has 2 rings (SSSR count). The molecule has 0 aliphatic carbocycles.